The molecule has 0 fully saturated rings. The zero-order valence-electron chi connectivity index (χ0n) is 17.4. The SMILES string of the molecule is CC(C)CCNC(C(=O)Nc1ccc([N+](=O)[O-])cc1Cl)c1ccccc1.O=C(O)C(=O)O. The van der Waals surface area contributed by atoms with Gasteiger partial charge in [-0.1, -0.05) is 55.8 Å². The van der Waals surface area contributed by atoms with Gasteiger partial charge in [-0.25, -0.2) is 9.59 Å². The highest BCUT2D eigenvalue weighted by Crippen LogP contribution is 2.27. The van der Waals surface area contributed by atoms with Crippen molar-refractivity contribution in [1.82, 2.24) is 5.32 Å². The molecule has 32 heavy (non-hydrogen) atoms. The highest BCUT2D eigenvalue weighted by atomic mass is 35.5. The first kappa shape index (κ1) is 26.5. The van der Waals surface area contributed by atoms with Gasteiger partial charge in [0.1, 0.15) is 6.04 Å². The third-order valence-electron chi connectivity index (χ3n) is 4.07. The van der Waals surface area contributed by atoms with Gasteiger partial charge in [-0.3, -0.25) is 14.9 Å². The van der Waals surface area contributed by atoms with Crippen LogP contribution in [0.4, 0.5) is 11.4 Å². The Labute approximate surface area is 189 Å². The molecule has 0 saturated heterocycles. The molecule has 4 N–H and O–H groups in total. The molecule has 2 rings (SSSR count). The van der Waals surface area contributed by atoms with Gasteiger partial charge in [-0.05, 0) is 30.5 Å². The quantitative estimate of drug-likeness (QED) is 0.260. The van der Waals surface area contributed by atoms with Crippen molar-refractivity contribution in [3.63, 3.8) is 0 Å². The van der Waals surface area contributed by atoms with E-state index in [-0.39, 0.29) is 16.6 Å². The Morgan fingerprint density at radius 1 is 1.06 bits per heavy atom. The molecule has 2 aromatic carbocycles. The molecule has 0 aliphatic heterocycles. The van der Waals surface area contributed by atoms with Crippen molar-refractivity contribution in [2.24, 2.45) is 5.92 Å². The van der Waals surface area contributed by atoms with Gasteiger partial charge in [-0.2, -0.15) is 0 Å². The Balaban J connectivity index is 0.000000751. The van der Waals surface area contributed by atoms with E-state index in [0.717, 1.165) is 12.0 Å². The summed E-state index contributed by atoms with van der Waals surface area (Å²) in [7, 11) is 0. The minimum absolute atomic E-state index is 0.123. The zero-order chi connectivity index (χ0) is 24.3. The molecule has 0 spiro atoms. The first-order valence-corrected chi connectivity index (χ1v) is 9.90. The lowest BCUT2D eigenvalue weighted by Crippen LogP contribution is -2.34. The van der Waals surface area contributed by atoms with Gasteiger partial charge < -0.3 is 20.8 Å². The van der Waals surface area contributed by atoms with Crippen molar-refractivity contribution < 1.29 is 29.5 Å². The molecule has 2 aromatic rings. The fourth-order valence-corrected chi connectivity index (χ4v) is 2.67. The van der Waals surface area contributed by atoms with Crippen LogP contribution < -0.4 is 10.6 Å². The molecule has 1 amide bonds. The average Bonchev–Trinajstić information content (AvgIpc) is 2.73. The Bertz CT molecular complexity index is 940. The number of aliphatic carboxylic acids is 2. The highest BCUT2D eigenvalue weighted by molar-refractivity contribution is 6.34. The lowest BCUT2D eigenvalue weighted by molar-refractivity contribution is -0.384. The molecule has 1 atom stereocenters. The van der Waals surface area contributed by atoms with Gasteiger partial charge in [0.25, 0.3) is 5.69 Å². The Hall–Kier alpha value is -3.50. The summed E-state index contributed by atoms with van der Waals surface area (Å²) in [6.07, 6.45) is 0.939. The average molecular weight is 466 g/mol. The van der Waals surface area contributed by atoms with Crippen LogP contribution in [-0.2, 0) is 14.4 Å². The minimum Gasteiger partial charge on any atom is -0.473 e. The molecule has 11 heteroatoms. The fourth-order valence-electron chi connectivity index (χ4n) is 2.45. The topological polar surface area (TPSA) is 159 Å². The molecule has 1 unspecified atom stereocenters. The Kier molecular flexibility index (Phi) is 10.8. The zero-order valence-corrected chi connectivity index (χ0v) is 18.2. The molecular formula is C21H24ClN3O7. The number of carbonyl (C=O) groups is 3. The molecule has 0 aromatic heterocycles. The number of nitro benzene ring substituents is 1. The number of nitrogens with zero attached hydrogens (tertiary/aromatic N) is 1. The number of anilines is 1. The van der Waals surface area contributed by atoms with Crippen LogP contribution in [0, 0.1) is 16.0 Å². The maximum Gasteiger partial charge on any atom is 0.414 e. The smallest absolute Gasteiger partial charge is 0.414 e. The van der Waals surface area contributed by atoms with Gasteiger partial charge in [0.2, 0.25) is 5.91 Å². The number of hydrogen-bond donors (Lipinski definition) is 4. The molecule has 0 aliphatic carbocycles. The van der Waals surface area contributed by atoms with Crippen LogP contribution in [0.15, 0.2) is 48.5 Å². The van der Waals surface area contributed by atoms with E-state index in [0.29, 0.717) is 18.2 Å². The largest absolute Gasteiger partial charge is 0.473 e. The number of nitrogens with one attached hydrogen (secondary N) is 2. The van der Waals surface area contributed by atoms with Crippen LogP contribution in [0.3, 0.4) is 0 Å². The summed E-state index contributed by atoms with van der Waals surface area (Å²) >= 11 is 6.07. The summed E-state index contributed by atoms with van der Waals surface area (Å²) in [5.41, 5.74) is 1.06. The number of non-ortho nitro benzene ring substituents is 1. The second-order valence-corrected chi connectivity index (χ2v) is 7.41. The number of hydrogen-bond acceptors (Lipinski definition) is 6. The van der Waals surface area contributed by atoms with Gasteiger partial charge in [0, 0.05) is 12.1 Å². The van der Waals surface area contributed by atoms with Gasteiger partial charge in [-0.15, -0.1) is 0 Å². The van der Waals surface area contributed by atoms with Crippen LogP contribution in [0.25, 0.3) is 0 Å². The number of rotatable bonds is 8. The van der Waals surface area contributed by atoms with E-state index in [1.807, 2.05) is 30.3 Å². The summed E-state index contributed by atoms with van der Waals surface area (Å²) in [6.45, 7) is 4.94. The second kappa shape index (κ2) is 13.0. The summed E-state index contributed by atoms with van der Waals surface area (Å²) in [5.74, 6) is -3.40. The number of halogens is 1. The lowest BCUT2D eigenvalue weighted by atomic mass is 10.0. The number of amides is 1. The third-order valence-corrected chi connectivity index (χ3v) is 4.38. The van der Waals surface area contributed by atoms with E-state index in [1.165, 1.54) is 18.2 Å². The summed E-state index contributed by atoms with van der Waals surface area (Å²) < 4.78 is 0. The van der Waals surface area contributed by atoms with Gasteiger partial charge >= 0.3 is 11.9 Å². The molecule has 10 nitrogen and oxygen atoms in total. The third kappa shape index (κ3) is 9.11. The standard InChI is InChI=1S/C19H22ClN3O3.C2H2O4/c1-13(2)10-11-21-18(14-6-4-3-5-7-14)19(24)22-17-9-8-15(23(25)26)12-16(17)20;3-1(4)2(5)6/h3-9,12-13,18,21H,10-11H2,1-2H3,(H,22,24);(H,3,4)(H,5,6). The number of carbonyl (C=O) groups excluding carboxylic acids is 1. The number of carboxylic acid groups (broad SMARTS) is 2. The monoisotopic (exact) mass is 465 g/mol. The normalized spacial score (nSPS) is 11.1. The molecular weight excluding hydrogens is 442 g/mol. The van der Waals surface area contributed by atoms with E-state index >= 15 is 0 Å². The Morgan fingerprint density at radius 2 is 1.66 bits per heavy atom. The van der Waals surface area contributed by atoms with Crippen LogP contribution in [0.2, 0.25) is 5.02 Å². The molecule has 0 heterocycles. The molecule has 0 saturated carbocycles. The maximum atomic E-state index is 12.8. The Morgan fingerprint density at radius 3 is 2.12 bits per heavy atom. The minimum atomic E-state index is -1.82. The van der Waals surface area contributed by atoms with Crippen molar-refractivity contribution in [3.05, 3.63) is 69.2 Å². The number of carboxylic acids is 2. The van der Waals surface area contributed by atoms with Crippen molar-refractivity contribution in [1.29, 1.82) is 0 Å². The van der Waals surface area contributed by atoms with Crippen LogP contribution in [0.5, 0.6) is 0 Å². The number of benzene rings is 2. The first-order chi connectivity index (χ1) is 15.0. The van der Waals surface area contributed by atoms with E-state index in [1.54, 1.807) is 0 Å². The van der Waals surface area contributed by atoms with Crippen LogP contribution in [-0.4, -0.2) is 39.5 Å². The van der Waals surface area contributed by atoms with Crippen molar-refractivity contribution >= 4 is 40.8 Å². The molecule has 0 aliphatic rings. The van der Waals surface area contributed by atoms with Crippen molar-refractivity contribution in [3.8, 4) is 0 Å². The van der Waals surface area contributed by atoms with Gasteiger partial charge in [0.15, 0.2) is 0 Å². The predicted octanol–water partition coefficient (Wildman–Crippen LogP) is 3.72. The summed E-state index contributed by atoms with van der Waals surface area (Å²) in [4.78, 5) is 41.3. The van der Waals surface area contributed by atoms with Crippen LogP contribution in [0.1, 0.15) is 31.9 Å². The summed E-state index contributed by atoms with van der Waals surface area (Å²) in [5, 5.41) is 31.7. The van der Waals surface area contributed by atoms with Crippen molar-refractivity contribution in [2.75, 3.05) is 11.9 Å². The van der Waals surface area contributed by atoms with Crippen molar-refractivity contribution in [2.45, 2.75) is 26.3 Å². The molecule has 0 radical (unpaired) electrons. The number of nitro groups is 1. The highest BCUT2D eigenvalue weighted by Gasteiger charge is 2.21. The van der Waals surface area contributed by atoms with E-state index in [2.05, 4.69) is 24.5 Å². The first-order valence-electron chi connectivity index (χ1n) is 9.52. The van der Waals surface area contributed by atoms with E-state index in [9.17, 15) is 14.9 Å². The van der Waals surface area contributed by atoms with Gasteiger partial charge in [0.05, 0.1) is 15.6 Å². The summed E-state index contributed by atoms with van der Waals surface area (Å²) in [6, 6.07) is 12.8. The van der Waals surface area contributed by atoms with E-state index < -0.39 is 22.9 Å². The lowest BCUT2D eigenvalue weighted by Gasteiger charge is -2.20. The fraction of sp³-hybridized carbons (Fsp3) is 0.286. The second-order valence-electron chi connectivity index (χ2n) is 7.00. The van der Waals surface area contributed by atoms with E-state index in [4.69, 9.17) is 31.4 Å². The molecule has 172 valence electrons. The predicted molar refractivity (Wildman–Crippen MR) is 119 cm³/mol. The molecule has 0 bridgehead atoms. The maximum absolute atomic E-state index is 12.8. The van der Waals surface area contributed by atoms with Crippen LogP contribution >= 0.6 is 11.6 Å².